The van der Waals surface area contributed by atoms with E-state index in [2.05, 4.69) is 55.6 Å². The van der Waals surface area contributed by atoms with Crippen molar-refractivity contribution < 1.29 is 24.2 Å². The van der Waals surface area contributed by atoms with Gasteiger partial charge in [0.25, 0.3) is 0 Å². The molecule has 41 heavy (non-hydrogen) atoms. The molecule has 0 saturated carbocycles. The third-order valence-corrected chi connectivity index (χ3v) is 7.00. The van der Waals surface area contributed by atoms with E-state index in [0.29, 0.717) is 12.8 Å². The van der Waals surface area contributed by atoms with Crippen molar-refractivity contribution in [1.29, 1.82) is 0 Å². The number of nitrogens with one attached hydrogen (secondary N) is 1. The van der Waals surface area contributed by atoms with Crippen LogP contribution in [0.25, 0.3) is 0 Å². The Kier molecular flexibility index (Phi) is 28.8. The van der Waals surface area contributed by atoms with Crippen molar-refractivity contribution in [1.82, 2.24) is 5.32 Å². The molecule has 2 N–H and O–H groups in total. The van der Waals surface area contributed by atoms with Crippen molar-refractivity contribution in [2.75, 3.05) is 6.54 Å². The van der Waals surface area contributed by atoms with Crippen LogP contribution in [0.15, 0.2) is 36.5 Å². The predicted molar refractivity (Wildman–Crippen MR) is 171 cm³/mol. The number of ether oxygens (including phenoxy) is 1. The van der Waals surface area contributed by atoms with Crippen LogP contribution in [0.5, 0.6) is 0 Å². The van der Waals surface area contributed by atoms with Crippen molar-refractivity contribution in [3.05, 3.63) is 36.5 Å². The van der Waals surface area contributed by atoms with E-state index in [0.717, 1.165) is 70.6 Å². The van der Waals surface area contributed by atoms with Gasteiger partial charge in [-0.3, -0.25) is 14.4 Å². The molecule has 1 unspecified atom stereocenters. The van der Waals surface area contributed by atoms with Crippen LogP contribution >= 0.6 is 0 Å². The second-order valence-corrected chi connectivity index (χ2v) is 11.1. The van der Waals surface area contributed by atoms with E-state index in [1.165, 1.54) is 57.8 Å². The van der Waals surface area contributed by atoms with Gasteiger partial charge in [0.1, 0.15) is 12.6 Å². The van der Waals surface area contributed by atoms with Gasteiger partial charge in [-0.2, -0.15) is 0 Å². The maximum atomic E-state index is 12.5. The number of rotatable bonds is 29. The summed E-state index contributed by atoms with van der Waals surface area (Å²) < 4.78 is 5.84. The normalized spacial score (nSPS) is 12.4. The number of aliphatic carboxylic acids is 1. The highest BCUT2D eigenvalue weighted by Gasteiger charge is 2.12. The highest BCUT2D eigenvalue weighted by molar-refractivity contribution is 5.80. The molecular formula is C35H61NO5. The summed E-state index contributed by atoms with van der Waals surface area (Å²) in [5, 5.41) is 11.0. The van der Waals surface area contributed by atoms with Gasteiger partial charge in [-0.05, 0) is 70.3 Å². The lowest BCUT2D eigenvalue weighted by atomic mass is 10.1. The molecule has 0 aromatic carbocycles. The lowest BCUT2D eigenvalue weighted by molar-refractivity contribution is -0.147. The van der Waals surface area contributed by atoms with Crippen LogP contribution in [0.4, 0.5) is 0 Å². The van der Waals surface area contributed by atoms with E-state index in [-0.39, 0.29) is 24.5 Å². The third kappa shape index (κ3) is 30.4. The second-order valence-electron chi connectivity index (χ2n) is 11.1. The molecule has 0 saturated heterocycles. The summed E-state index contributed by atoms with van der Waals surface area (Å²) in [6.07, 6.45) is 35.6. The van der Waals surface area contributed by atoms with Gasteiger partial charge in [0.15, 0.2) is 0 Å². The number of allylic oxidation sites excluding steroid dienone is 5. The number of hydrogen-bond donors (Lipinski definition) is 2. The van der Waals surface area contributed by atoms with Crippen molar-refractivity contribution in [3.8, 4) is 0 Å². The molecule has 6 heteroatoms. The molecule has 0 aliphatic carbocycles. The Morgan fingerprint density at radius 2 is 1.24 bits per heavy atom. The van der Waals surface area contributed by atoms with E-state index in [1.807, 2.05) is 0 Å². The van der Waals surface area contributed by atoms with E-state index in [9.17, 15) is 14.4 Å². The second kappa shape index (κ2) is 30.6. The fraction of sp³-hybridized carbons (Fsp3) is 0.743. The lowest BCUT2D eigenvalue weighted by Gasteiger charge is -2.15. The molecule has 0 aromatic heterocycles. The maximum Gasteiger partial charge on any atom is 0.322 e. The summed E-state index contributed by atoms with van der Waals surface area (Å²) in [6, 6.07) is 0. The molecule has 0 radical (unpaired) electrons. The first kappa shape index (κ1) is 38.6. The van der Waals surface area contributed by atoms with E-state index >= 15 is 0 Å². The fourth-order valence-electron chi connectivity index (χ4n) is 4.52. The molecule has 0 aliphatic rings. The summed E-state index contributed by atoms with van der Waals surface area (Å²) >= 11 is 0. The van der Waals surface area contributed by atoms with Crippen LogP contribution in [0, 0.1) is 0 Å². The van der Waals surface area contributed by atoms with Crippen molar-refractivity contribution in [3.63, 3.8) is 0 Å². The third-order valence-electron chi connectivity index (χ3n) is 7.00. The molecule has 6 nitrogen and oxygen atoms in total. The molecule has 1 amide bonds. The van der Waals surface area contributed by atoms with Gasteiger partial charge in [-0.25, -0.2) is 0 Å². The lowest BCUT2D eigenvalue weighted by Crippen LogP contribution is -2.28. The first-order valence-corrected chi connectivity index (χ1v) is 16.6. The number of unbranched alkanes of at least 4 members (excludes halogenated alkanes) is 14. The summed E-state index contributed by atoms with van der Waals surface area (Å²) in [5.74, 6) is -1.35. The first-order chi connectivity index (χ1) is 20.0. The monoisotopic (exact) mass is 575 g/mol. The molecule has 0 rings (SSSR count). The Labute approximate surface area is 251 Å². The molecule has 236 valence electrons. The van der Waals surface area contributed by atoms with E-state index in [1.54, 1.807) is 0 Å². The summed E-state index contributed by atoms with van der Waals surface area (Å²) in [7, 11) is 0. The average molecular weight is 576 g/mol. The van der Waals surface area contributed by atoms with Crippen LogP contribution in [-0.4, -0.2) is 35.6 Å². The SMILES string of the molecule is CCC/C=C\C/C=C\CCCCCCCC(=O)OC(/C=C\CCCCCCC)CCCCCCC(=O)NCC(=O)O. The van der Waals surface area contributed by atoms with Crippen molar-refractivity contribution in [2.24, 2.45) is 0 Å². The van der Waals surface area contributed by atoms with Gasteiger partial charge in [0, 0.05) is 12.8 Å². The summed E-state index contributed by atoms with van der Waals surface area (Å²) in [5.41, 5.74) is 0. The summed E-state index contributed by atoms with van der Waals surface area (Å²) in [6.45, 7) is 4.09. The van der Waals surface area contributed by atoms with Crippen LogP contribution in [0.1, 0.15) is 155 Å². The van der Waals surface area contributed by atoms with Gasteiger partial charge in [0.2, 0.25) is 5.91 Å². The Morgan fingerprint density at radius 3 is 1.93 bits per heavy atom. The predicted octanol–water partition coefficient (Wildman–Crippen LogP) is 9.39. The zero-order chi connectivity index (χ0) is 30.2. The number of carboxylic acids is 1. The molecule has 0 bridgehead atoms. The zero-order valence-electron chi connectivity index (χ0n) is 26.4. The largest absolute Gasteiger partial charge is 0.480 e. The Bertz CT molecular complexity index is 728. The number of carboxylic acid groups (broad SMARTS) is 1. The molecule has 0 fully saturated rings. The van der Waals surface area contributed by atoms with Crippen LogP contribution < -0.4 is 5.32 Å². The van der Waals surface area contributed by atoms with Gasteiger partial charge in [0.05, 0.1) is 0 Å². The van der Waals surface area contributed by atoms with Crippen molar-refractivity contribution >= 4 is 17.8 Å². The average Bonchev–Trinajstić information content (AvgIpc) is 2.95. The van der Waals surface area contributed by atoms with Gasteiger partial charge >= 0.3 is 11.9 Å². The van der Waals surface area contributed by atoms with E-state index in [4.69, 9.17) is 9.84 Å². The number of carbonyl (C=O) groups excluding carboxylic acids is 2. The van der Waals surface area contributed by atoms with Gasteiger partial charge in [-0.1, -0.05) is 108 Å². The summed E-state index contributed by atoms with van der Waals surface area (Å²) in [4.78, 5) is 34.7. The van der Waals surface area contributed by atoms with Crippen LogP contribution in [-0.2, 0) is 19.1 Å². The molecule has 0 heterocycles. The molecule has 0 aromatic rings. The topological polar surface area (TPSA) is 92.7 Å². The quantitative estimate of drug-likeness (QED) is 0.0526. The minimum atomic E-state index is -1.03. The molecule has 0 aliphatic heterocycles. The minimum Gasteiger partial charge on any atom is -0.480 e. The minimum absolute atomic E-state index is 0.100. The first-order valence-electron chi connectivity index (χ1n) is 16.6. The molecule has 1 atom stereocenters. The van der Waals surface area contributed by atoms with E-state index < -0.39 is 5.97 Å². The standard InChI is InChI=1S/C35H61NO5/c1-3-5-7-9-11-12-13-14-15-16-18-20-26-30-35(40)41-32(27-23-19-17-10-8-6-4-2)28-24-21-22-25-29-33(37)36-31-34(38)39/h7,9,12-13,23,27,32H,3-6,8,10-11,14-22,24-26,28-31H2,1-2H3,(H,36,37)(H,38,39)/b9-7-,13-12-,27-23-. The Morgan fingerprint density at radius 1 is 0.659 bits per heavy atom. The Balaban J connectivity index is 4.19. The van der Waals surface area contributed by atoms with Gasteiger partial charge in [-0.15, -0.1) is 0 Å². The zero-order valence-corrected chi connectivity index (χ0v) is 26.4. The molecule has 0 spiro atoms. The van der Waals surface area contributed by atoms with Gasteiger partial charge < -0.3 is 15.2 Å². The highest BCUT2D eigenvalue weighted by Crippen LogP contribution is 2.15. The highest BCUT2D eigenvalue weighted by atomic mass is 16.5. The van der Waals surface area contributed by atoms with Crippen molar-refractivity contribution in [2.45, 2.75) is 161 Å². The molecular weight excluding hydrogens is 514 g/mol. The Hall–Kier alpha value is -2.37. The smallest absolute Gasteiger partial charge is 0.322 e. The number of hydrogen-bond acceptors (Lipinski definition) is 4. The number of esters is 1. The van der Waals surface area contributed by atoms with Crippen LogP contribution in [0.3, 0.4) is 0 Å². The number of carbonyl (C=O) groups is 3. The maximum absolute atomic E-state index is 12.5. The fourth-order valence-corrected chi connectivity index (χ4v) is 4.52. The number of amides is 1. The van der Waals surface area contributed by atoms with Crippen LogP contribution in [0.2, 0.25) is 0 Å².